The Hall–Kier alpha value is -3.29. The summed E-state index contributed by atoms with van der Waals surface area (Å²) in [5, 5.41) is 20.0. The molecular weight excluding hydrogens is 448 g/mol. The van der Waals surface area contributed by atoms with Crippen LogP contribution in [-0.2, 0) is 19.4 Å². The zero-order valence-corrected chi connectivity index (χ0v) is 21.8. The first kappa shape index (κ1) is 24.4. The van der Waals surface area contributed by atoms with Crippen molar-refractivity contribution >= 4 is 0 Å². The summed E-state index contributed by atoms with van der Waals surface area (Å²) in [5.74, 6) is 3.82. The SMILES string of the molecule is CCCCc1nc(CC(C)C)nn1Cc1ccc(-n2ccc(C3CCCCC3)c2-c2nn[nH]n2)cc1. The fourth-order valence-corrected chi connectivity index (χ4v) is 5.36. The molecule has 0 spiro atoms. The van der Waals surface area contributed by atoms with E-state index in [4.69, 9.17) is 10.1 Å². The number of aromatic nitrogens is 8. The second-order valence-electron chi connectivity index (χ2n) is 10.5. The summed E-state index contributed by atoms with van der Waals surface area (Å²) >= 11 is 0. The van der Waals surface area contributed by atoms with Gasteiger partial charge in [-0.15, -0.1) is 10.2 Å². The van der Waals surface area contributed by atoms with Gasteiger partial charge >= 0.3 is 0 Å². The molecule has 1 N–H and O–H groups in total. The lowest BCUT2D eigenvalue weighted by Gasteiger charge is -2.22. The van der Waals surface area contributed by atoms with Crippen LogP contribution in [0.5, 0.6) is 0 Å². The van der Waals surface area contributed by atoms with Crippen molar-refractivity contribution in [2.45, 2.75) is 91.0 Å². The van der Waals surface area contributed by atoms with Gasteiger partial charge in [-0.2, -0.15) is 10.3 Å². The Bertz CT molecular complexity index is 1230. The van der Waals surface area contributed by atoms with Crippen LogP contribution in [-0.4, -0.2) is 40.0 Å². The Kier molecular flexibility index (Phi) is 7.58. The van der Waals surface area contributed by atoms with Gasteiger partial charge in [0, 0.05) is 24.7 Å². The normalized spacial score (nSPS) is 14.7. The standard InChI is InChI=1S/C28H38N8/c1-4-5-11-26-29-25(18-20(2)3)32-36(26)19-21-12-14-23(15-13-21)35-17-16-24(22-9-7-6-8-10-22)27(35)28-30-33-34-31-28/h12-17,20,22H,4-11,18-19H2,1-3H3,(H,30,31,33,34). The molecule has 3 aromatic heterocycles. The van der Waals surface area contributed by atoms with E-state index in [-0.39, 0.29) is 0 Å². The number of benzene rings is 1. The summed E-state index contributed by atoms with van der Waals surface area (Å²) in [6, 6.07) is 11.0. The Balaban J connectivity index is 1.41. The van der Waals surface area contributed by atoms with Gasteiger partial charge in [-0.1, -0.05) is 58.6 Å². The zero-order chi connectivity index (χ0) is 24.9. The van der Waals surface area contributed by atoms with E-state index in [0.717, 1.165) is 55.3 Å². The fraction of sp³-hybridized carbons (Fsp3) is 0.536. The molecular formula is C28H38N8. The Morgan fingerprint density at radius 2 is 1.86 bits per heavy atom. The van der Waals surface area contributed by atoms with Crippen LogP contribution in [0.2, 0.25) is 0 Å². The van der Waals surface area contributed by atoms with Crippen molar-refractivity contribution in [2.75, 3.05) is 0 Å². The molecule has 0 amide bonds. The van der Waals surface area contributed by atoms with Gasteiger partial charge in [0.15, 0.2) is 5.82 Å². The van der Waals surface area contributed by atoms with E-state index in [1.807, 2.05) is 0 Å². The Morgan fingerprint density at radius 3 is 2.56 bits per heavy atom. The Morgan fingerprint density at radius 1 is 1.06 bits per heavy atom. The molecule has 3 heterocycles. The molecule has 1 saturated carbocycles. The van der Waals surface area contributed by atoms with E-state index < -0.39 is 0 Å². The number of rotatable bonds is 10. The van der Waals surface area contributed by atoms with Gasteiger partial charge in [0.25, 0.3) is 0 Å². The highest BCUT2D eigenvalue weighted by Gasteiger charge is 2.24. The van der Waals surface area contributed by atoms with E-state index >= 15 is 0 Å². The molecule has 4 aromatic rings. The van der Waals surface area contributed by atoms with Gasteiger partial charge in [-0.05, 0) is 65.6 Å². The lowest BCUT2D eigenvalue weighted by atomic mass is 9.84. The number of aryl methyl sites for hydroxylation is 1. The minimum atomic E-state index is 0.549. The highest BCUT2D eigenvalue weighted by atomic mass is 15.5. The van der Waals surface area contributed by atoms with Crippen LogP contribution in [0, 0.1) is 5.92 Å². The van der Waals surface area contributed by atoms with Gasteiger partial charge in [0.05, 0.1) is 12.2 Å². The van der Waals surface area contributed by atoms with Crippen LogP contribution in [0.25, 0.3) is 17.2 Å². The smallest absolute Gasteiger partial charge is 0.221 e. The van der Waals surface area contributed by atoms with Crippen LogP contribution in [0.3, 0.4) is 0 Å². The Labute approximate surface area is 213 Å². The number of tetrazole rings is 1. The minimum Gasteiger partial charge on any atom is -0.313 e. The molecule has 1 aliphatic carbocycles. The number of H-pyrrole nitrogens is 1. The van der Waals surface area contributed by atoms with Crippen LogP contribution in [0.4, 0.5) is 0 Å². The van der Waals surface area contributed by atoms with Crippen molar-refractivity contribution in [2.24, 2.45) is 5.92 Å². The number of unbranched alkanes of at least 4 members (excludes halogenated alkanes) is 1. The van der Waals surface area contributed by atoms with Crippen molar-refractivity contribution in [1.29, 1.82) is 0 Å². The van der Waals surface area contributed by atoms with Crippen molar-refractivity contribution in [3.05, 3.63) is 59.3 Å². The molecule has 36 heavy (non-hydrogen) atoms. The maximum absolute atomic E-state index is 4.86. The first-order valence-electron chi connectivity index (χ1n) is 13.6. The maximum Gasteiger partial charge on any atom is 0.221 e. The van der Waals surface area contributed by atoms with Crippen LogP contribution in [0.15, 0.2) is 36.5 Å². The maximum atomic E-state index is 4.86. The van der Waals surface area contributed by atoms with Crippen LogP contribution >= 0.6 is 0 Å². The summed E-state index contributed by atoms with van der Waals surface area (Å²) in [4.78, 5) is 4.86. The topological polar surface area (TPSA) is 90.1 Å². The van der Waals surface area contributed by atoms with Crippen molar-refractivity contribution in [3.8, 4) is 17.2 Å². The third-order valence-electron chi connectivity index (χ3n) is 7.20. The highest BCUT2D eigenvalue weighted by molar-refractivity contribution is 5.61. The second-order valence-corrected chi connectivity index (χ2v) is 10.5. The number of hydrogen-bond donors (Lipinski definition) is 1. The predicted molar refractivity (Wildman–Crippen MR) is 141 cm³/mol. The molecule has 0 aliphatic heterocycles. The van der Waals surface area contributed by atoms with Crippen LogP contribution in [0.1, 0.15) is 94.4 Å². The summed E-state index contributed by atoms with van der Waals surface area (Å²) < 4.78 is 4.31. The van der Waals surface area contributed by atoms with Crippen LogP contribution < -0.4 is 0 Å². The molecule has 0 unspecified atom stereocenters. The second kappa shape index (κ2) is 11.2. The molecule has 0 saturated heterocycles. The average Bonchev–Trinajstić information content (AvgIpc) is 3.63. The first-order valence-corrected chi connectivity index (χ1v) is 13.6. The summed E-state index contributed by atoms with van der Waals surface area (Å²) in [5.41, 5.74) is 4.71. The van der Waals surface area contributed by atoms with E-state index in [0.29, 0.717) is 17.7 Å². The zero-order valence-electron chi connectivity index (χ0n) is 21.8. The molecule has 1 fully saturated rings. The molecule has 1 aromatic carbocycles. The number of nitrogens with one attached hydrogen (secondary N) is 1. The van der Waals surface area contributed by atoms with Gasteiger partial charge in [0.1, 0.15) is 5.82 Å². The molecule has 190 valence electrons. The third-order valence-corrected chi connectivity index (χ3v) is 7.20. The summed E-state index contributed by atoms with van der Waals surface area (Å²) in [7, 11) is 0. The quantitative estimate of drug-likeness (QED) is 0.302. The molecule has 0 radical (unpaired) electrons. The van der Waals surface area contributed by atoms with Gasteiger partial charge in [0.2, 0.25) is 5.82 Å². The van der Waals surface area contributed by atoms with Crippen molar-refractivity contribution < 1.29 is 0 Å². The summed E-state index contributed by atoms with van der Waals surface area (Å²) in [6.45, 7) is 7.39. The molecule has 8 heteroatoms. The number of hydrogen-bond acceptors (Lipinski definition) is 5. The monoisotopic (exact) mass is 486 g/mol. The molecule has 8 nitrogen and oxygen atoms in total. The number of nitrogens with zero attached hydrogens (tertiary/aromatic N) is 7. The third kappa shape index (κ3) is 5.42. The summed E-state index contributed by atoms with van der Waals surface area (Å²) in [6.07, 6.45) is 12.7. The predicted octanol–water partition coefficient (Wildman–Crippen LogP) is 5.89. The van der Waals surface area contributed by atoms with Crippen molar-refractivity contribution in [1.82, 2.24) is 40.0 Å². The molecule has 0 bridgehead atoms. The van der Waals surface area contributed by atoms with E-state index in [1.54, 1.807) is 0 Å². The van der Waals surface area contributed by atoms with Gasteiger partial charge < -0.3 is 4.57 Å². The minimum absolute atomic E-state index is 0.549. The van der Waals surface area contributed by atoms with Gasteiger partial charge in [-0.25, -0.2) is 9.67 Å². The molecule has 1 aliphatic rings. The van der Waals surface area contributed by atoms with E-state index in [1.165, 1.54) is 43.2 Å². The van der Waals surface area contributed by atoms with Gasteiger partial charge in [-0.3, -0.25) is 0 Å². The molecule has 5 rings (SSSR count). The fourth-order valence-electron chi connectivity index (χ4n) is 5.36. The lowest BCUT2D eigenvalue weighted by molar-refractivity contribution is 0.444. The highest BCUT2D eigenvalue weighted by Crippen LogP contribution is 2.38. The average molecular weight is 487 g/mol. The van der Waals surface area contributed by atoms with E-state index in [2.05, 4.69) is 87.2 Å². The lowest BCUT2D eigenvalue weighted by Crippen LogP contribution is -2.08. The molecule has 0 atom stereocenters. The number of aromatic amines is 1. The van der Waals surface area contributed by atoms with E-state index in [9.17, 15) is 0 Å². The van der Waals surface area contributed by atoms with Crippen molar-refractivity contribution in [3.63, 3.8) is 0 Å². The largest absolute Gasteiger partial charge is 0.313 e. The first-order chi connectivity index (χ1) is 17.6.